The zero-order valence-electron chi connectivity index (χ0n) is 10.8. The van der Waals surface area contributed by atoms with E-state index in [-0.39, 0.29) is 25.4 Å². The number of halogens is 3. The summed E-state index contributed by atoms with van der Waals surface area (Å²) in [6, 6.07) is 6.78. The molecule has 0 aromatic heterocycles. The van der Waals surface area contributed by atoms with Crippen molar-refractivity contribution < 1.29 is 18.0 Å². The topological polar surface area (TPSA) is 46.3 Å². The van der Waals surface area contributed by atoms with Gasteiger partial charge in [-0.05, 0) is 24.1 Å². The molecule has 1 aliphatic heterocycles. The van der Waals surface area contributed by atoms with E-state index in [1.165, 1.54) is 4.90 Å². The number of nitrogens with two attached hydrogens (primary N) is 1. The van der Waals surface area contributed by atoms with E-state index in [1.807, 2.05) is 0 Å². The van der Waals surface area contributed by atoms with Gasteiger partial charge in [0, 0.05) is 30.8 Å². The molecule has 0 atom stereocenters. The standard InChI is InChI=1S/C14H15F3N2O/c15-14(16,17)12-5-7-19(8-6-12)13(20)11-3-1-10(9-18)2-4-11/h1-5H,6-9,18H2. The van der Waals surface area contributed by atoms with Crippen molar-refractivity contribution in [1.29, 1.82) is 0 Å². The molecule has 1 aromatic carbocycles. The van der Waals surface area contributed by atoms with E-state index < -0.39 is 11.7 Å². The number of hydrogen-bond acceptors (Lipinski definition) is 2. The Labute approximate surface area is 114 Å². The molecule has 0 saturated heterocycles. The molecule has 108 valence electrons. The quantitative estimate of drug-likeness (QED) is 0.848. The largest absolute Gasteiger partial charge is 0.412 e. The Morgan fingerprint density at radius 3 is 2.35 bits per heavy atom. The van der Waals surface area contributed by atoms with Crippen LogP contribution < -0.4 is 5.73 Å². The zero-order chi connectivity index (χ0) is 14.8. The number of nitrogens with zero attached hydrogens (tertiary/aromatic N) is 1. The van der Waals surface area contributed by atoms with E-state index in [1.54, 1.807) is 24.3 Å². The maximum Gasteiger partial charge on any atom is 0.412 e. The molecule has 1 heterocycles. The van der Waals surface area contributed by atoms with Gasteiger partial charge in [-0.25, -0.2) is 0 Å². The Morgan fingerprint density at radius 1 is 1.25 bits per heavy atom. The number of alkyl halides is 3. The van der Waals surface area contributed by atoms with E-state index in [4.69, 9.17) is 5.73 Å². The van der Waals surface area contributed by atoms with Crippen molar-refractivity contribution in [2.24, 2.45) is 5.73 Å². The SMILES string of the molecule is NCc1ccc(C(=O)N2CC=C(C(F)(F)F)CC2)cc1. The highest BCUT2D eigenvalue weighted by atomic mass is 19.4. The molecular weight excluding hydrogens is 269 g/mol. The van der Waals surface area contributed by atoms with E-state index in [9.17, 15) is 18.0 Å². The molecule has 6 heteroatoms. The molecule has 1 aliphatic rings. The first kappa shape index (κ1) is 14.6. The van der Waals surface area contributed by atoms with Crippen molar-refractivity contribution in [3.63, 3.8) is 0 Å². The Hall–Kier alpha value is -1.82. The molecule has 0 bridgehead atoms. The van der Waals surface area contributed by atoms with Gasteiger partial charge in [0.15, 0.2) is 0 Å². The first-order valence-electron chi connectivity index (χ1n) is 6.26. The van der Waals surface area contributed by atoms with Gasteiger partial charge in [-0.2, -0.15) is 13.2 Å². The first-order valence-corrected chi connectivity index (χ1v) is 6.26. The normalized spacial score (nSPS) is 16.0. The summed E-state index contributed by atoms with van der Waals surface area (Å²) in [6.07, 6.45) is -3.37. The molecule has 3 nitrogen and oxygen atoms in total. The van der Waals surface area contributed by atoms with Crippen molar-refractivity contribution in [2.45, 2.75) is 19.1 Å². The Kier molecular flexibility index (Phi) is 4.13. The maximum absolute atomic E-state index is 12.5. The molecule has 0 aliphatic carbocycles. The van der Waals surface area contributed by atoms with Gasteiger partial charge in [0.1, 0.15) is 0 Å². The van der Waals surface area contributed by atoms with Crippen LogP contribution in [0.3, 0.4) is 0 Å². The lowest BCUT2D eigenvalue weighted by atomic mass is 10.1. The third-order valence-electron chi connectivity index (χ3n) is 3.30. The van der Waals surface area contributed by atoms with Crippen LogP contribution in [0.1, 0.15) is 22.3 Å². The number of carbonyl (C=O) groups is 1. The molecule has 0 spiro atoms. The second kappa shape index (κ2) is 5.66. The van der Waals surface area contributed by atoms with Gasteiger partial charge in [0.2, 0.25) is 0 Å². The van der Waals surface area contributed by atoms with Gasteiger partial charge in [-0.15, -0.1) is 0 Å². The third kappa shape index (κ3) is 3.19. The summed E-state index contributed by atoms with van der Waals surface area (Å²) in [5, 5.41) is 0. The van der Waals surface area contributed by atoms with Crippen LogP contribution in [0.4, 0.5) is 13.2 Å². The van der Waals surface area contributed by atoms with Gasteiger partial charge < -0.3 is 10.6 Å². The van der Waals surface area contributed by atoms with E-state index in [0.717, 1.165) is 11.6 Å². The molecular formula is C14H15F3N2O. The lowest BCUT2D eigenvalue weighted by Gasteiger charge is -2.27. The molecule has 0 saturated carbocycles. The molecule has 1 aromatic rings. The highest BCUT2D eigenvalue weighted by molar-refractivity contribution is 5.94. The highest BCUT2D eigenvalue weighted by Crippen LogP contribution is 2.30. The highest BCUT2D eigenvalue weighted by Gasteiger charge is 2.35. The lowest BCUT2D eigenvalue weighted by molar-refractivity contribution is -0.0957. The second-order valence-electron chi connectivity index (χ2n) is 4.63. The summed E-state index contributed by atoms with van der Waals surface area (Å²) in [7, 11) is 0. The van der Waals surface area contributed by atoms with Crippen LogP contribution in [0.2, 0.25) is 0 Å². The number of rotatable bonds is 2. The van der Waals surface area contributed by atoms with Crippen molar-refractivity contribution in [2.75, 3.05) is 13.1 Å². The summed E-state index contributed by atoms with van der Waals surface area (Å²) < 4.78 is 37.5. The molecule has 0 unspecified atom stereocenters. The number of amides is 1. The Morgan fingerprint density at radius 2 is 1.90 bits per heavy atom. The van der Waals surface area contributed by atoms with Gasteiger partial charge in [0.05, 0.1) is 0 Å². The van der Waals surface area contributed by atoms with Crippen LogP contribution in [-0.4, -0.2) is 30.1 Å². The third-order valence-corrected chi connectivity index (χ3v) is 3.30. The Bertz CT molecular complexity index is 520. The summed E-state index contributed by atoms with van der Waals surface area (Å²) >= 11 is 0. The molecule has 2 rings (SSSR count). The van der Waals surface area contributed by atoms with Gasteiger partial charge in [0.25, 0.3) is 5.91 Å². The maximum atomic E-state index is 12.5. The minimum absolute atomic E-state index is 0.00762. The van der Waals surface area contributed by atoms with Crippen LogP contribution >= 0.6 is 0 Å². The average molecular weight is 284 g/mol. The van der Waals surface area contributed by atoms with E-state index in [2.05, 4.69) is 0 Å². The van der Waals surface area contributed by atoms with Gasteiger partial charge in [-0.1, -0.05) is 18.2 Å². The Balaban J connectivity index is 2.06. The summed E-state index contributed by atoms with van der Waals surface area (Å²) in [5.41, 5.74) is 6.28. The van der Waals surface area contributed by atoms with Crippen LogP contribution in [0, 0.1) is 0 Å². The minimum Gasteiger partial charge on any atom is -0.335 e. The number of carbonyl (C=O) groups excluding carboxylic acids is 1. The van der Waals surface area contributed by atoms with Crippen molar-refractivity contribution in [1.82, 2.24) is 4.90 Å². The summed E-state index contributed by atoms with van der Waals surface area (Å²) in [6.45, 7) is 0.463. The molecule has 0 fully saturated rings. The summed E-state index contributed by atoms with van der Waals surface area (Å²) in [4.78, 5) is 13.5. The van der Waals surface area contributed by atoms with Crippen molar-refractivity contribution in [3.05, 3.63) is 47.0 Å². The molecule has 1 amide bonds. The van der Waals surface area contributed by atoms with Crippen LogP contribution in [0.25, 0.3) is 0 Å². The molecule has 20 heavy (non-hydrogen) atoms. The van der Waals surface area contributed by atoms with Crippen LogP contribution in [-0.2, 0) is 6.54 Å². The van der Waals surface area contributed by atoms with E-state index in [0.29, 0.717) is 12.1 Å². The lowest BCUT2D eigenvalue weighted by Crippen LogP contribution is -2.36. The van der Waals surface area contributed by atoms with Crippen molar-refractivity contribution in [3.8, 4) is 0 Å². The predicted octanol–water partition coefficient (Wildman–Crippen LogP) is 2.48. The fourth-order valence-electron chi connectivity index (χ4n) is 2.08. The number of hydrogen-bond donors (Lipinski definition) is 1. The molecule has 2 N–H and O–H groups in total. The fourth-order valence-corrected chi connectivity index (χ4v) is 2.08. The monoisotopic (exact) mass is 284 g/mol. The average Bonchev–Trinajstić information content (AvgIpc) is 2.46. The zero-order valence-corrected chi connectivity index (χ0v) is 10.8. The van der Waals surface area contributed by atoms with Crippen LogP contribution in [0.15, 0.2) is 35.9 Å². The predicted molar refractivity (Wildman–Crippen MR) is 69.0 cm³/mol. The van der Waals surface area contributed by atoms with Crippen molar-refractivity contribution >= 4 is 5.91 Å². The first-order chi connectivity index (χ1) is 9.41. The fraction of sp³-hybridized carbons (Fsp3) is 0.357. The molecule has 0 radical (unpaired) electrons. The summed E-state index contributed by atoms with van der Waals surface area (Å²) in [5.74, 6) is -0.258. The second-order valence-corrected chi connectivity index (χ2v) is 4.63. The van der Waals surface area contributed by atoms with E-state index >= 15 is 0 Å². The minimum atomic E-state index is -4.29. The van der Waals surface area contributed by atoms with Gasteiger partial charge in [-0.3, -0.25) is 4.79 Å². The number of benzene rings is 1. The smallest absolute Gasteiger partial charge is 0.335 e. The van der Waals surface area contributed by atoms with Gasteiger partial charge >= 0.3 is 6.18 Å². The van der Waals surface area contributed by atoms with Crippen LogP contribution in [0.5, 0.6) is 0 Å².